The third-order valence-corrected chi connectivity index (χ3v) is 2.44. The van der Waals surface area contributed by atoms with E-state index in [9.17, 15) is 0 Å². The Morgan fingerprint density at radius 1 is 1.70 bits per heavy atom. The Kier molecular flexibility index (Phi) is 2.73. The molecule has 0 aliphatic carbocycles. The van der Waals surface area contributed by atoms with Crippen LogP contribution in [0.5, 0.6) is 0 Å². The second-order valence-corrected chi connectivity index (χ2v) is 3.30. The number of hydrogen-bond donors (Lipinski definition) is 0. The molecule has 0 amide bonds. The van der Waals surface area contributed by atoms with E-state index in [2.05, 4.69) is 4.85 Å². The first-order valence-electron chi connectivity index (χ1n) is 2.89. The lowest BCUT2D eigenvalue weighted by Crippen LogP contribution is -1.80. The Balaban J connectivity index is 2.52. The van der Waals surface area contributed by atoms with Crippen molar-refractivity contribution in [2.45, 2.75) is 6.42 Å². The minimum Gasteiger partial charge on any atom is -0.317 e. The summed E-state index contributed by atoms with van der Waals surface area (Å²) in [5, 5.41) is 2.67. The largest absolute Gasteiger partial charge is 0.317 e. The molecule has 0 fully saturated rings. The molecule has 0 saturated heterocycles. The van der Waals surface area contributed by atoms with Gasteiger partial charge in [-0.2, -0.15) is 0 Å². The fourth-order valence-electron chi connectivity index (χ4n) is 0.651. The van der Waals surface area contributed by atoms with Gasteiger partial charge in [-0.3, -0.25) is 0 Å². The SMILES string of the molecule is [C-]#[N+]CCc1cc(Cl)cs1. The molecule has 0 aromatic carbocycles. The van der Waals surface area contributed by atoms with Crippen LogP contribution in [-0.2, 0) is 6.42 Å². The number of nitrogens with zero attached hydrogens (tertiary/aromatic N) is 1. The highest BCUT2D eigenvalue weighted by atomic mass is 35.5. The second kappa shape index (κ2) is 3.60. The van der Waals surface area contributed by atoms with Gasteiger partial charge >= 0.3 is 0 Å². The first-order valence-corrected chi connectivity index (χ1v) is 4.15. The highest BCUT2D eigenvalue weighted by Crippen LogP contribution is 2.19. The van der Waals surface area contributed by atoms with E-state index in [1.165, 1.54) is 4.88 Å². The van der Waals surface area contributed by atoms with Crippen molar-refractivity contribution >= 4 is 22.9 Å². The van der Waals surface area contributed by atoms with Crippen LogP contribution in [0.15, 0.2) is 11.4 Å². The van der Waals surface area contributed by atoms with Crippen LogP contribution in [0.2, 0.25) is 5.02 Å². The van der Waals surface area contributed by atoms with Crippen molar-refractivity contribution in [1.82, 2.24) is 0 Å². The second-order valence-electron chi connectivity index (χ2n) is 1.86. The van der Waals surface area contributed by atoms with Crippen molar-refractivity contribution in [3.8, 4) is 0 Å². The molecule has 0 atom stereocenters. The fraction of sp³-hybridized carbons (Fsp3) is 0.286. The molecule has 0 unspecified atom stereocenters. The summed E-state index contributed by atoms with van der Waals surface area (Å²) in [5.41, 5.74) is 0. The van der Waals surface area contributed by atoms with Crippen molar-refractivity contribution < 1.29 is 0 Å². The first kappa shape index (κ1) is 7.59. The molecule has 0 radical (unpaired) electrons. The van der Waals surface area contributed by atoms with Crippen LogP contribution in [0.25, 0.3) is 4.85 Å². The summed E-state index contributed by atoms with van der Waals surface area (Å²) in [4.78, 5) is 4.45. The molecular weight excluding hydrogens is 166 g/mol. The van der Waals surface area contributed by atoms with Crippen molar-refractivity contribution in [2.24, 2.45) is 0 Å². The van der Waals surface area contributed by atoms with Gasteiger partial charge in [0.2, 0.25) is 6.54 Å². The maximum Gasteiger partial charge on any atom is 0.219 e. The molecule has 1 aromatic rings. The number of thiophene rings is 1. The molecule has 1 nitrogen and oxygen atoms in total. The van der Waals surface area contributed by atoms with E-state index in [-0.39, 0.29) is 0 Å². The van der Waals surface area contributed by atoms with Crippen LogP contribution in [0, 0.1) is 6.57 Å². The summed E-state index contributed by atoms with van der Waals surface area (Å²) in [6, 6.07) is 1.91. The Bertz CT molecular complexity index is 248. The predicted octanol–water partition coefficient (Wildman–Crippen LogP) is 2.86. The Hall–Kier alpha value is -0.520. The predicted molar refractivity (Wildman–Crippen MR) is 44.5 cm³/mol. The van der Waals surface area contributed by atoms with E-state index in [1.54, 1.807) is 11.3 Å². The monoisotopic (exact) mass is 171 g/mol. The van der Waals surface area contributed by atoms with Crippen LogP contribution >= 0.6 is 22.9 Å². The summed E-state index contributed by atoms with van der Waals surface area (Å²) in [6.07, 6.45) is 0.834. The zero-order valence-electron chi connectivity index (χ0n) is 5.30. The minimum atomic E-state index is 0.566. The van der Waals surface area contributed by atoms with E-state index in [4.69, 9.17) is 18.2 Å². The molecule has 52 valence electrons. The van der Waals surface area contributed by atoms with Crippen LogP contribution in [-0.4, -0.2) is 6.54 Å². The highest BCUT2D eigenvalue weighted by Gasteiger charge is 1.97. The summed E-state index contributed by atoms with van der Waals surface area (Å²) in [7, 11) is 0. The van der Waals surface area contributed by atoms with Crippen molar-refractivity contribution in [3.63, 3.8) is 0 Å². The molecule has 1 rings (SSSR count). The Morgan fingerprint density at radius 3 is 3.00 bits per heavy atom. The van der Waals surface area contributed by atoms with Crippen molar-refractivity contribution in [3.05, 3.63) is 32.8 Å². The van der Waals surface area contributed by atoms with Gasteiger partial charge in [-0.1, -0.05) is 11.6 Å². The smallest absolute Gasteiger partial charge is 0.219 e. The average Bonchev–Trinajstić information content (AvgIpc) is 2.31. The Labute approximate surface area is 69.1 Å². The zero-order chi connectivity index (χ0) is 7.40. The molecular formula is C7H6ClNS. The van der Waals surface area contributed by atoms with E-state index in [0.29, 0.717) is 6.54 Å². The average molecular weight is 172 g/mol. The molecule has 0 aliphatic rings. The molecule has 3 heteroatoms. The van der Waals surface area contributed by atoms with Crippen molar-refractivity contribution in [1.29, 1.82) is 0 Å². The van der Waals surface area contributed by atoms with E-state index < -0.39 is 0 Å². The van der Waals surface area contributed by atoms with Gasteiger partial charge in [-0.25, -0.2) is 6.57 Å². The van der Waals surface area contributed by atoms with Crippen molar-refractivity contribution in [2.75, 3.05) is 6.54 Å². The molecule has 0 saturated carbocycles. The van der Waals surface area contributed by atoms with E-state index in [0.717, 1.165) is 11.4 Å². The number of rotatable bonds is 2. The normalized spacial score (nSPS) is 9.20. The maximum atomic E-state index is 6.56. The molecule has 1 heterocycles. The Morgan fingerprint density at radius 2 is 2.50 bits per heavy atom. The summed E-state index contributed by atoms with van der Waals surface area (Å²) in [5.74, 6) is 0. The summed E-state index contributed by atoms with van der Waals surface area (Å²) in [6.45, 7) is 7.12. The molecule has 0 aliphatic heterocycles. The lowest BCUT2D eigenvalue weighted by atomic mass is 10.3. The summed E-state index contributed by atoms with van der Waals surface area (Å²) >= 11 is 7.29. The topological polar surface area (TPSA) is 4.36 Å². The van der Waals surface area contributed by atoms with Gasteiger partial charge in [-0.15, -0.1) is 11.3 Å². The van der Waals surface area contributed by atoms with Crippen LogP contribution in [0.4, 0.5) is 0 Å². The first-order chi connectivity index (χ1) is 4.83. The van der Waals surface area contributed by atoms with E-state index >= 15 is 0 Å². The van der Waals surface area contributed by atoms with Gasteiger partial charge < -0.3 is 4.85 Å². The zero-order valence-corrected chi connectivity index (χ0v) is 6.87. The van der Waals surface area contributed by atoms with Crippen LogP contribution in [0.3, 0.4) is 0 Å². The van der Waals surface area contributed by atoms with Gasteiger partial charge in [0, 0.05) is 10.3 Å². The van der Waals surface area contributed by atoms with Gasteiger partial charge in [0.15, 0.2) is 0 Å². The summed E-state index contributed by atoms with van der Waals surface area (Å²) < 4.78 is 0. The fourth-order valence-corrected chi connectivity index (χ4v) is 1.72. The van der Waals surface area contributed by atoms with Crippen LogP contribution < -0.4 is 0 Å². The number of hydrogen-bond acceptors (Lipinski definition) is 1. The maximum absolute atomic E-state index is 6.56. The lowest BCUT2D eigenvalue weighted by Gasteiger charge is -1.82. The van der Waals surface area contributed by atoms with Crippen LogP contribution in [0.1, 0.15) is 4.88 Å². The number of halogens is 1. The lowest BCUT2D eigenvalue weighted by molar-refractivity contribution is 1.11. The molecule has 10 heavy (non-hydrogen) atoms. The third-order valence-electron chi connectivity index (χ3n) is 1.09. The quantitative estimate of drug-likeness (QED) is 0.603. The third kappa shape index (κ3) is 2.02. The standard InChI is InChI=1S/C7H6ClNS/c1-9-3-2-7-4-6(8)5-10-7/h4-5H,2-3H2. The van der Waals surface area contributed by atoms with E-state index in [1.807, 2.05) is 11.4 Å². The van der Waals surface area contributed by atoms with Gasteiger partial charge in [0.05, 0.1) is 11.4 Å². The molecule has 0 spiro atoms. The van der Waals surface area contributed by atoms with Gasteiger partial charge in [0.25, 0.3) is 0 Å². The highest BCUT2D eigenvalue weighted by molar-refractivity contribution is 7.10. The molecule has 1 aromatic heterocycles. The van der Waals surface area contributed by atoms with Gasteiger partial charge in [0.1, 0.15) is 0 Å². The minimum absolute atomic E-state index is 0.566. The van der Waals surface area contributed by atoms with Gasteiger partial charge in [-0.05, 0) is 6.07 Å². The molecule has 0 bridgehead atoms. The molecule has 0 N–H and O–H groups in total.